The number of fused-ring (bicyclic) bond motifs is 2. The number of carbonyl (C=O) groups excluding carboxylic acids is 1. The standard InChI is InChI=1S/C24H17F2NO3/c25-20-11-5-10-18(22(20)26)23(28)27-21(24(29)30)13-19-16-8-3-1-6-14(16)12-15-7-2-4-9-17(15)19/h1-12,21H,13H2,(H,27,28)(H,29,30)/t21-/m0/s1. The van der Waals surface area contributed by atoms with Crippen LogP contribution in [0, 0.1) is 11.6 Å². The lowest BCUT2D eigenvalue weighted by molar-refractivity contribution is -0.139. The number of carbonyl (C=O) groups is 2. The quantitative estimate of drug-likeness (QED) is 0.473. The lowest BCUT2D eigenvalue weighted by Gasteiger charge is -2.18. The van der Waals surface area contributed by atoms with E-state index in [9.17, 15) is 23.5 Å². The summed E-state index contributed by atoms with van der Waals surface area (Å²) < 4.78 is 27.4. The molecule has 2 N–H and O–H groups in total. The van der Waals surface area contributed by atoms with Crippen LogP contribution >= 0.6 is 0 Å². The van der Waals surface area contributed by atoms with Gasteiger partial charge in [-0.1, -0.05) is 54.6 Å². The molecule has 6 heteroatoms. The molecule has 0 saturated carbocycles. The summed E-state index contributed by atoms with van der Waals surface area (Å²) >= 11 is 0. The number of hydrogen-bond donors (Lipinski definition) is 2. The van der Waals surface area contributed by atoms with E-state index in [2.05, 4.69) is 5.32 Å². The van der Waals surface area contributed by atoms with Gasteiger partial charge < -0.3 is 10.4 Å². The van der Waals surface area contributed by atoms with Crippen LogP contribution in [0.25, 0.3) is 21.5 Å². The van der Waals surface area contributed by atoms with Gasteiger partial charge in [0.05, 0.1) is 5.56 Å². The molecule has 0 bridgehead atoms. The third kappa shape index (κ3) is 3.59. The molecule has 0 aliphatic rings. The largest absolute Gasteiger partial charge is 0.480 e. The molecule has 0 fully saturated rings. The first kappa shape index (κ1) is 19.5. The van der Waals surface area contributed by atoms with Crippen molar-refractivity contribution in [2.75, 3.05) is 0 Å². The van der Waals surface area contributed by atoms with Gasteiger partial charge in [-0.25, -0.2) is 13.6 Å². The van der Waals surface area contributed by atoms with E-state index in [0.717, 1.165) is 39.2 Å². The Morgan fingerprint density at radius 2 is 1.47 bits per heavy atom. The van der Waals surface area contributed by atoms with Gasteiger partial charge in [-0.3, -0.25) is 4.79 Å². The van der Waals surface area contributed by atoms with Gasteiger partial charge in [0.2, 0.25) is 0 Å². The average Bonchev–Trinajstić information content (AvgIpc) is 2.74. The zero-order valence-corrected chi connectivity index (χ0v) is 15.7. The molecule has 1 amide bonds. The molecule has 0 heterocycles. The van der Waals surface area contributed by atoms with E-state index in [-0.39, 0.29) is 6.42 Å². The van der Waals surface area contributed by atoms with Crippen LogP contribution in [0.15, 0.2) is 72.8 Å². The molecular formula is C24H17F2NO3. The minimum atomic E-state index is -1.32. The molecule has 30 heavy (non-hydrogen) atoms. The van der Waals surface area contributed by atoms with Gasteiger partial charge in [-0.15, -0.1) is 0 Å². The normalized spacial score (nSPS) is 12.1. The average molecular weight is 405 g/mol. The summed E-state index contributed by atoms with van der Waals surface area (Å²) in [5, 5.41) is 15.7. The van der Waals surface area contributed by atoms with Crippen LogP contribution in [-0.2, 0) is 11.2 Å². The van der Waals surface area contributed by atoms with Crippen molar-refractivity contribution < 1.29 is 23.5 Å². The summed E-state index contributed by atoms with van der Waals surface area (Å²) in [6, 6.07) is 19.0. The minimum absolute atomic E-state index is 0.0140. The van der Waals surface area contributed by atoms with Gasteiger partial charge in [0.15, 0.2) is 11.6 Å². The van der Waals surface area contributed by atoms with Gasteiger partial charge in [-0.05, 0) is 45.3 Å². The Hall–Kier alpha value is -3.80. The Kier molecular flexibility index (Phi) is 5.14. The molecule has 4 nitrogen and oxygen atoms in total. The molecule has 0 radical (unpaired) electrons. The molecule has 1 atom stereocenters. The Balaban J connectivity index is 1.75. The lowest BCUT2D eigenvalue weighted by atomic mass is 9.92. The summed E-state index contributed by atoms with van der Waals surface area (Å²) in [5.74, 6) is -4.73. The Morgan fingerprint density at radius 3 is 2.07 bits per heavy atom. The lowest BCUT2D eigenvalue weighted by Crippen LogP contribution is -2.42. The minimum Gasteiger partial charge on any atom is -0.480 e. The summed E-state index contributed by atoms with van der Waals surface area (Å²) in [5.41, 5.74) is 0.222. The van der Waals surface area contributed by atoms with Crippen LogP contribution in [-0.4, -0.2) is 23.0 Å². The molecule has 0 saturated heterocycles. The summed E-state index contributed by atoms with van der Waals surface area (Å²) in [6.07, 6.45) is -0.0140. The molecule has 0 aromatic heterocycles. The molecule has 150 valence electrons. The Labute approximate surface area is 170 Å². The molecule has 0 spiro atoms. The maximum Gasteiger partial charge on any atom is 0.326 e. The SMILES string of the molecule is O=C(N[C@@H](Cc1c2ccccc2cc2ccccc12)C(=O)O)c1cccc(F)c1F. The van der Waals surface area contributed by atoms with Crippen molar-refractivity contribution in [1.29, 1.82) is 0 Å². The van der Waals surface area contributed by atoms with E-state index in [0.29, 0.717) is 0 Å². The fourth-order valence-electron chi connectivity index (χ4n) is 3.65. The van der Waals surface area contributed by atoms with Crippen LogP contribution in [0.1, 0.15) is 15.9 Å². The maximum absolute atomic E-state index is 14.0. The fourth-order valence-corrected chi connectivity index (χ4v) is 3.65. The first-order valence-electron chi connectivity index (χ1n) is 9.33. The Bertz CT molecular complexity index is 1230. The first-order valence-corrected chi connectivity index (χ1v) is 9.33. The van der Waals surface area contributed by atoms with Crippen LogP contribution in [0.4, 0.5) is 8.78 Å². The van der Waals surface area contributed by atoms with E-state index >= 15 is 0 Å². The number of halogens is 2. The molecule has 0 unspecified atom stereocenters. The van der Waals surface area contributed by atoms with Crippen molar-refractivity contribution in [3.8, 4) is 0 Å². The highest BCUT2D eigenvalue weighted by Gasteiger charge is 2.25. The second-order valence-corrected chi connectivity index (χ2v) is 6.97. The van der Waals surface area contributed by atoms with Crippen molar-refractivity contribution in [2.24, 2.45) is 0 Å². The van der Waals surface area contributed by atoms with Crippen LogP contribution < -0.4 is 5.32 Å². The monoisotopic (exact) mass is 405 g/mol. The summed E-state index contributed by atoms with van der Waals surface area (Å²) in [7, 11) is 0. The van der Waals surface area contributed by atoms with E-state index in [4.69, 9.17) is 0 Å². The number of carboxylic acids is 1. The number of aliphatic carboxylic acids is 1. The Morgan fingerprint density at radius 1 is 0.867 bits per heavy atom. The van der Waals surface area contributed by atoms with Crippen molar-refractivity contribution in [2.45, 2.75) is 12.5 Å². The highest BCUT2D eigenvalue weighted by atomic mass is 19.2. The smallest absolute Gasteiger partial charge is 0.326 e. The van der Waals surface area contributed by atoms with Gasteiger partial charge in [-0.2, -0.15) is 0 Å². The molecule has 0 aliphatic carbocycles. The summed E-state index contributed by atoms with van der Waals surface area (Å²) in [6.45, 7) is 0. The molecule has 4 aromatic rings. The fraction of sp³-hybridized carbons (Fsp3) is 0.0833. The summed E-state index contributed by atoms with van der Waals surface area (Å²) in [4.78, 5) is 24.4. The van der Waals surface area contributed by atoms with Gasteiger partial charge in [0.25, 0.3) is 5.91 Å². The third-order valence-corrected chi connectivity index (χ3v) is 5.09. The predicted octanol–water partition coefficient (Wildman–Crippen LogP) is 4.70. The highest BCUT2D eigenvalue weighted by molar-refractivity contribution is 6.03. The second-order valence-electron chi connectivity index (χ2n) is 6.97. The number of amides is 1. The van der Waals surface area contributed by atoms with E-state index in [1.807, 2.05) is 54.6 Å². The predicted molar refractivity (Wildman–Crippen MR) is 110 cm³/mol. The third-order valence-electron chi connectivity index (χ3n) is 5.09. The molecular weight excluding hydrogens is 388 g/mol. The van der Waals surface area contributed by atoms with E-state index in [1.165, 1.54) is 6.07 Å². The van der Waals surface area contributed by atoms with E-state index in [1.54, 1.807) is 0 Å². The van der Waals surface area contributed by atoms with Crippen molar-refractivity contribution >= 4 is 33.4 Å². The molecule has 4 aromatic carbocycles. The van der Waals surface area contributed by atoms with E-state index < -0.39 is 35.1 Å². The topological polar surface area (TPSA) is 66.4 Å². The van der Waals surface area contributed by atoms with Crippen molar-refractivity contribution in [3.63, 3.8) is 0 Å². The van der Waals surface area contributed by atoms with Crippen molar-refractivity contribution in [1.82, 2.24) is 5.32 Å². The van der Waals surface area contributed by atoms with Gasteiger partial charge >= 0.3 is 5.97 Å². The van der Waals surface area contributed by atoms with Crippen molar-refractivity contribution in [3.05, 3.63) is 95.6 Å². The number of rotatable bonds is 5. The highest BCUT2D eigenvalue weighted by Crippen LogP contribution is 2.29. The number of benzene rings is 4. The second kappa shape index (κ2) is 7.91. The zero-order valence-electron chi connectivity index (χ0n) is 15.7. The maximum atomic E-state index is 14.0. The first-order chi connectivity index (χ1) is 14.5. The van der Waals surface area contributed by atoms with Crippen LogP contribution in [0.2, 0.25) is 0 Å². The van der Waals surface area contributed by atoms with Gasteiger partial charge in [0.1, 0.15) is 6.04 Å². The molecule has 0 aliphatic heterocycles. The zero-order chi connectivity index (χ0) is 21.3. The van der Waals surface area contributed by atoms with Gasteiger partial charge in [0, 0.05) is 6.42 Å². The number of carboxylic acid groups (broad SMARTS) is 1. The van der Waals surface area contributed by atoms with Crippen LogP contribution in [0.5, 0.6) is 0 Å². The van der Waals surface area contributed by atoms with Crippen LogP contribution in [0.3, 0.4) is 0 Å². The number of hydrogen-bond acceptors (Lipinski definition) is 2. The number of nitrogens with one attached hydrogen (secondary N) is 1. The molecule has 4 rings (SSSR count).